The zero-order chi connectivity index (χ0) is 33.8. The van der Waals surface area contributed by atoms with E-state index in [1.807, 2.05) is 4.90 Å². The van der Waals surface area contributed by atoms with E-state index in [1.165, 1.54) is 22.8 Å². The molecule has 4 aromatic rings. The number of carbonyl (C=O) groups is 2. The Morgan fingerprint density at radius 2 is 1.83 bits per heavy atom. The van der Waals surface area contributed by atoms with Gasteiger partial charge in [-0.2, -0.15) is 22.7 Å². The molecule has 3 aliphatic rings. The quantitative estimate of drug-likeness (QED) is 0.323. The van der Waals surface area contributed by atoms with Gasteiger partial charge in [-0.25, -0.2) is 4.98 Å². The predicted molar refractivity (Wildman–Crippen MR) is 166 cm³/mol. The van der Waals surface area contributed by atoms with Crippen molar-refractivity contribution in [2.45, 2.75) is 43.8 Å². The average Bonchev–Trinajstić information content (AvgIpc) is 3.68. The van der Waals surface area contributed by atoms with Crippen LogP contribution in [0, 0.1) is 0 Å². The maximum Gasteiger partial charge on any atom is 0.416 e. The molecule has 3 aromatic heterocycles. The fourth-order valence-electron chi connectivity index (χ4n) is 6.90. The molecule has 2 amide bonds. The molecule has 1 spiro atoms. The lowest BCUT2D eigenvalue weighted by Gasteiger charge is -2.39. The van der Waals surface area contributed by atoms with Crippen molar-refractivity contribution < 1.29 is 32.6 Å². The van der Waals surface area contributed by atoms with Crippen LogP contribution in [0.25, 0.3) is 5.78 Å². The highest BCUT2D eigenvalue weighted by atomic mass is 35.5. The second-order valence-electron chi connectivity index (χ2n) is 12.1. The third-order valence-electron chi connectivity index (χ3n) is 9.37. The van der Waals surface area contributed by atoms with Crippen LogP contribution in [0.1, 0.15) is 46.6 Å². The van der Waals surface area contributed by atoms with Gasteiger partial charge < -0.3 is 29.5 Å². The molecule has 252 valence electrons. The molecule has 7 rings (SSSR count). The van der Waals surface area contributed by atoms with Crippen LogP contribution in [0.4, 0.5) is 24.8 Å². The average molecular weight is 687 g/mol. The van der Waals surface area contributed by atoms with Crippen molar-refractivity contribution in [1.29, 1.82) is 0 Å². The summed E-state index contributed by atoms with van der Waals surface area (Å²) >= 11 is 6.11. The van der Waals surface area contributed by atoms with Crippen LogP contribution in [0.5, 0.6) is 5.75 Å². The number of aromatic hydroxyl groups is 1. The van der Waals surface area contributed by atoms with E-state index in [4.69, 9.17) is 16.3 Å². The topological polar surface area (TPSA) is 147 Å². The molecule has 2 fully saturated rings. The second-order valence-corrected chi connectivity index (χ2v) is 12.5. The zero-order valence-corrected chi connectivity index (χ0v) is 26.2. The van der Waals surface area contributed by atoms with Gasteiger partial charge in [0.25, 0.3) is 11.5 Å². The number of likely N-dealkylation sites (tertiary alicyclic amines) is 1. The summed E-state index contributed by atoms with van der Waals surface area (Å²) in [6.07, 6.45) is -1.21. The van der Waals surface area contributed by atoms with Crippen LogP contribution >= 0.6 is 11.6 Å². The number of anilines is 2. The van der Waals surface area contributed by atoms with Crippen LogP contribution in [0.2, 0.25) is 5.02 Å². The first kappa shape index (κ1) is 31.9. The molecule has 48 heavy (non-hydrogen) atoms. The summed E-state index contributed by atoms with van der Waals surface area (Å²) in [7, 11) is 0. The number of benzene rings is 1. The second kappa shape index (κ2) is 12.1. The summed E-state index contributed by atoms with van der Waals surface area (Å²) < 4.78 is 47.8. The van der Waals surface area contributed by atoms with Crippen molar-refractivity contribution >= 4 is 40.8 Å². The van der Waals surface area contributed by atoms with Crippen LogP contribution in [-0.2, 0) is 34.1 Å². The lowest BCUT2D eigenvalue weighted by molar-refractivity contribution is -0.137. The van der Waals surface area contributed by atoms with E-state index in [-0.39, 0.29) is 40.0 Å². The summed E-state index contributed by atoms with van der Waals surface area (Å²) in [5.41, 5.74) is -0.823. The molecule has 0 atom stereocenters. The van der Waals surface area contributed by atoms with Gasteiger partial charge in [-0.1, -0.05) is 11.6 Å². The molecule has 0 unspecified atom stereocenters. The van der Waals surface area contributed by atoms with Crippen LogP contribution in [0.15, 0.2) is 41.3 Å². The number of hydrogen-bond donors (Lipinski definition) is 2. The van der Waals surface area contributed by atoms with E-state index in [1.54, 1.807) is 9.47 Å². The number of alkyl halides is 3. The molecule has 0 saturated carbocycles. The number of rotatable bonds is 5. The number of aromatic nitrogens is 5. The van der Waals surface area contributed by atoms with Crippen LogP contribution in [0.3, 0.4) is 0 Å². The first-order valence-corrected chi connectivity index (χ1v) is 15.8. The predicted octanol–water partition coefficient (Wildman–Crippen LogP) is 3.26. The standard InChI is InChI=1S/C31H30ClF3N8O5/c32-19-16-18(31(33,34)35)3-4-20(19)37-23(45)17-42-21-5-6-30(7-10-40(11-8-30)27(47)25-22(44)2-1-9-36-25)24(21)26(46)43-29(42)38-28(39-43)41-12-14-48-15-13-41/h1-4,9,16,44H,5-8,10-15,17H2,(H,37,45). The Morgan fingerprint density at radius 3 is 2.52 bits per heavy atom. The fourth-order valence-corrected chi connectivity index (χ4v) is 7.13. The highest BCUT2D eigenvalue weighted by Gasteiger charge is 2.46. The molecule has 2 N–H and O–H groups in total. The fraction of sp³-hybridized carbons (Fsp3) is 0.419. The number of halogens is 4. The van der Waals surface area contributed by atoms with Crippen LogP contribution in [-0.4, -0.2) is 85.4 Å². The number of nitrogens with zero attached hydrogens (tertiary/aromatic N) is 7. The van der Waals surface area contributed by atoms with E-state index in [0.717, 1.165) is 18.2 Å². The van der Waals surface area contributed by atoms with Crippen molar-refractivity contribution in [3.05, 3.63) is 74.4 Å². The SMILES string of the molecule is O=C(Cn1c2c(c(=O)n3nc(N4CCOCC4)nc13)C1(CC2)CCN(C(=O)c2ncccc2O)CC1)Nc1ccc(C(F)(F)F)cc1Cl. The van der Waals surface area contributed by atoms with Gasteiger partial charge in [0.05, 0.1) is 29.5 Å². The Morgan fingerprint density at radius 1 is 1.08 bits per heavy atom. The molecular weight excluding hydrogens is 657 g/mol. The first-order chi connectivity index (χ1) is 22.9. The van der Waals surface area contributed by atoms with Crippen molar-refractivity contribution in [2.24, 2.45) is 0 Å². The van der Waals surface area contributed by atoms with Crippen molar-refractivity contribution in [3.8, 4) is 5.75 Å². The van der Waals surface area contributed by atoms with Gasteiger partial charge in [-0.05, 0) is 56.0 Å². The van der Waals surface area contributed by atoms with Gasteiger partial charge in [0, 0.05) is 49.0 Å². The molecule has 5 heterocycles. The summed E-state index contributed by atoms with van der Waals surface area (Å²) in [6.45, 7) is 2.26. The minimum atomic E-state index is -4.60. The summed E-state index contributed by atoms with van der Waals surface area (Å²) in [4.78, 5) is 53.1. The maximum atomic E-state index is 14.2. The van der Waals surface area contributed by atoms with Gasteiger partial charge in [0.15, 0.2) is 5.69 Å². The van der Waals surface area contributed by atoms with E-state index in [9.17, 15) is 32.7 Å². The van der Waals surface area contributed by atoms with Gasteiger partial charge in [0.1, 0.15) is 12.3 Å². The van der Waals surface area contributed by atoms with Gasteiger partial charge in [0.2, 0.25) is 17.6 Å². The molecule has 2 saturated heterocycles. The Bertz CT molecular complexity index is 1980. The first-order valence-electron chi connectivity index (χ1n) is 15.4. The van der Waals surface area contributed by atoms with E-state index in [0.29, 0.717) is 82.3 Å². The Kier molecular flexibility index (Phi) is 8.02. The van der Waals surface area contributed by atoms with E-state index >= 15 is 0 Å². The molecule has 2 aliphatic heterocycles. The molecule has 0 bridgehead atoms. The molecule has 1 aliphatic carbocycles. The largest absolute Gasteiger partial charge is 0.505 e. The highest BCUT2D eigenvalue weighted by Crippen LogP contribution is 2.45. The number of hydrogen-bond acceptors (Lipinski definition) is 9. The third kappa shape index (κ3) is 5.61. The minimum Gasteiger partial charge on any atom is -0.505 e. The highest BCUT2D eigenvalue weighted by molar-refractivity contribution is 6.33. The summed E-state index contributed by atoms with van der Waals surface area (Å²) in [5, 5.41) is 17.1. The number of nitrogens with one attached hydrogen (secondary N) is 1. The number of carbonyl (C=O) groups excluding carboxylic acids is 2. The Hall–Kier alpha value is -4.70. The molecular formula is C31H30ClF3N8O5. The zero-order valence-electron chi connectivity index (χ0n) is 25.5. The van der Waals surface area contributed by atoms with E-state index in [2.05, 4.69) is 20.4 Å². The van der Waals surface area contributed by atoms with Crippen LogP contribution < -0.4 is 15.8 Å². The summed E-state index contributed by atoms with van der Waals surface area (Å²) in [5.74, 6) is -0.735. The normalized spacial score (nSPS) is 17.6. The van der Waals surface area contributed by atoms with Crippen molar-refractivity contribution in [2.75, 3.05) is 49.6 Å². The lowest BCUT2D eigenvalue weighted by atomic mass is 9.74. The smallest absolute Gasteiger partial charge is 0.416 e. The lowest BCUT2D eigenvalue weighted by Crippen LogP contribution is -2.46. The minimum absolute atomic E-state index is 0.00584. The molecule has 0 radical (unpaired) electrons. The Labute approximate surface area is 275 Å². The third-order valence-corrected chi connectivity index (χ3v) is 9.69. The van der Waals surface area contributed by atoms with Crippen molar-refractivity contribution in [1.82, 2.24) is 29.0 Å². The summed E-state index contributed by atoms with van der Waals surface area (Å²) in [6, 6.07) is 5.61. The van der Waals surface area contributed by atoms with Gasteiger partial charge in [-0.15, -0.1) is 5.10 Å². The number of ether oxygens (including phenoxy) is 1. The van der Waals surface area contributed by atoms with Gasteiger partial charge in [-0.3, -0.25) is 14.4 Å². The maximum absolute atomic E-state index is 14.2. The van der Waals surface area contributed by atoms with E-state index < -0.39 is 29.0 Å². The molecule has 17 heteroatoms. The Balaban J connectivity index is 1.23. The number of piperidine rings is 1. The number of morpholine rings is 1. The number of pyridine rings is 1. The number of fused-ring (bicyclic) bond motifs is 3. The van der Waals surface area contributed by atoms with Gasteiger partial charge >= 0.3 is 6.18 Å². The number of amides is 2. The molecule has 1 aromatic carbocycles. The van der Waals surface area contributed by atoms with Crippen molar-refractivity contribution in [3.63, 3.8) is 0 Å². The molecule has 13 nitrogen and oxygen atoms in total. The monoisotopic (exact) mass is 686 g/mol.